The topological polar surface area (TPSA) is 74.2 Å². The summed E-state index contributed by atoms with van der Waals surface area (Å²) < 4.78 is 49.3. The first-order valence-corrected chi connectivity index (χ1v) is 3.78. The van der Waals surface area contributed by atoms with E-state index in [1.165, 1.54) is 0 Å². The fraction of sp³-hybridized carbons (Fsp3) is 0.143. The summed E-state index contributed by atoms with van der Waals surface area (Å²) in [6.07, 6.45) is -6.04. The molecule has 0 aliphatic carbocycles. The molecule has 1 heterocycles. The van der Waals surface area contributed by atoms with Crippen molar-refractivity contribution in [3.63, 3.8) is 0 Å². The molecular formula is C7H5F4N3O2. The predicted octanol–water partition coefficient (Wildman–Crippen LogP) is 1.83. The van der Waals surface area contributed by atoms with Crippen molar-refractivity contribution in [3.05, 3.63) is 23.6 Å². The molecule has 0 unspecified atom stereocenters. The molecule has 0 aliphatic rings. The molecule has 3 N–H and O–H groups in total. The summed E-state index contributed by atoms with van der Waals surface area (Å²) in [7, 11) is 0. The highest BCUT2D eigenvalue weighted by molar-refractivity contribution is 5.66. The van der Waals surface area contributed by atoms with Crippen LogP contribution in [-0.2, 0) is 6.18 Å². The molecule has 0 atom stereocenters. The molecule has 16 heavy (non-hydrogen) atoms. The zero-order valence-corrected chi connectivity index (χ0v) is 7.47. The van der Waals surface area contributed by atoms with E-state index in [2.05, 4.69) is 4.98 Å². The van der Waals surface area contributed by atoms with E-state index < -0.39 is 29.5 Å². The zero-order valence-electron chi connectivity index (χ0n) is 7.47. The summed E-state index contributed by atoms with van der Waals surface area (Å²) >= 11 is 0. The highest BCUT2D eigenvalue weighted by Crippen LogP contribution is 2.31. The Morgan fingerprint density at radius 3 is 2.56 bits per heavy atom. The largest absolute Gasteiger partial charge is 0.464 e. The predicted molar refractivity (Wildman–Crippen MR) is 44.0 cm³/mol. The maximum atomic E-state index is 12.7. The molecule has 1 amide bonds. The quantitative estimate of drug-likeness (QED) is 0.543. The maximum Gasteiger partial charge on any atom is 0.423 e. The number of carbonyl (C=O) groups is 1. The molecule has 0 radical (unpaired) electrons. The lowest BCUT2D eigenvalue weighted by Crippen LogP contribution is -2.28. The molecule has 1 rings (SSSR count). The minimum absolute atomic E-state index is 0.342. The van der Waals surface area contributed by atoms with E-state index in [1.54, 1.807) is 5.43 Å². The van der Waals surface area contributed by atoms with Crippen LogP contribution in [0.1, 0.15) is 5.56 Å². The fourth-order valence-corrected chi connectivity index (χ4v) is 0.842. The normalized spacial score (nSPS) is 11.0. The third-order valence-corrected chi connectivity index (χ3v) is 1.46. The molecule has 0 saturated carbocycles. The van der Waals surface area contributed by atoms with Crippen LogP contribution in [-0.4, -0.2) is 16.2 Å². The van der Waals surface area contributed by atoms with Crippen LogP contribution < -0.4 is 10.9 Å². The van der Waals surface area contributed by atoms with Crippen molar-refractivity contribution >= 4 is 11.9 Å². The summed E-state index contributed by atoms with van der Waals surface area (Å²) in [5, 5.41) is 8.16. The molecule has 9 heteroatoms. The van der Waals surface area contributed by atoms with Crippen LogP contribution in [0, 0.1) is 5.82 Å². The number of hydrogen-bond acceptors (Lipinski definition) is 3. The van der Waals surface area contributed by atoms with E-state index in [0.29, 0.717) is 12.3 Å². The second-order valence-corrected chi connectivity index (χ2v) is 2.60. The monoisotopic (exact) mass is 239 g/mol. The second-order valence-electron chi connectivity index (χ2n) is 2.60. The van der Waals surface area contributed by atoms with Crippen LogP contribution in [0.2, 0.25) is 0 Å². The zero-order chi connectivity index (χ0) is 12.3. The van der Waals surface area contributed by atoms with Gasteiger partial charge in [-0.1, -0.05) is 0 Å². The number of amides is 1. The molecule has 0 fully saturated rings. The number of alkyl halides is 3. The van der Waals surface area contributed by atoms with Crippen LogP contribution in [0.25, 0.3) is 0 Å². The van der Waals surface area contributed by atoms with Gasteiger partial charge in [0.2, 0.25) is 0 Å². The summed E-state index contributed by atoms with van der Waals surface area (Å²) in [6.45, 7) is 0. The van der Waals surface area contributed by atoms with Crippen molar-refractivity contribution in [2.45, 2.75) is 6.18 Å². The number of halogens is 4. The number of rotatable bonds is 2. The lowest BCUT2D eigenvalue weighted by molar-refractivity contribution is -0.140. The van der Waals surface area contributed by atoms with Crippen LogP contribution in [0.15, 0.2) is 12.3 Å². The molecule has 88 valence electrons. The Morgan fingerprint density at radius 2 is 2.06 bits per heavy atom. The SMILES string of the molecule is O=C(O)NNc1cc(C(F)(F)F)c(F)cn1. The Balaban J connectivity index is 2.94. The van der Waals surface area contributed by atoms with Crippen molar-refractivity contribution in [1.29, 1.82) is 0 Å². The summed E-state index contributed by atoms with van der Waals surface area (Å²) in [4.78, 5) is 13.2. The van der Waals surface area contributed by atoms with Crippen molar-refractivity contribution in [3.8, 4) is 0 Å². The Labute approximate surface area is 86.1 Å². The molecule has 0 bridgehead atoms. The minimum atomic E-state index is -4.87. The Bertz CT molecular complexity index is 407. The van der Waals surface area contributed by atoms with E-state index in [9.17, 15) is 22.4 Å². The van der Waals surface area contributed by atoms with E-state index in [1.807, 2.05) is 5.43 Å². The summed E-state index contributed by atoms with van der Waals surface area (Å²) in [6, 6.07) is 0.352. The molecule has 1 aromatic heterocycles. The number of nitrogens with one attached hydrogen (secondary N) is 2. The second kappa shape index (κ2) is 4.21. The van der Waals surface area contributed by atoms with Gasteiger partial charge in [0.25, 0.3) is 0 Å². The average molecular weight is 239 g/mol. The molecule has 0 spiro atoms. The van der Waals surface area contributed by atoms with Crippen LogP contribution in [0.5, 0.6) is 0 Å². The van der Waals surface area contributed by atoms with Gasteiger partial charge in [-0.25, -0.2) is 19.6 Å². The Kier molecular flexibility index (Phi) is 3.16. The van der Waals surface area contributed by atoms with Gasteiger partial charge in [0.05, 0.1) is 11.8 Å². The van der Waals surface area contributed by atoms with Crippen LogP contribution in [0.4, 0.5) is 28.2 Å². The number of carboxylic acid groups (broad SMARTS) is 1. The van der Waals surface area contributed by atoms with Gasteiger partial charge in [-0.3, -0.25) is 5.43 Å². The number of hydrazine groups is 1. The highest BCUT2D eigenvalue weighted by Gasteiger charge is 2.34. The molecule has 0 aromatic carbocycles. The third-order valence-electron chi connectivity index (χ3n) is 1.46. The maximum absolute atomic E-state index is 12.7. The van der Waals surface area contributed by atoms with Gasteiger partial charge in [-0.05, 0) is 6.07 Å². The molecular weight excluding hydrogens is 234 g/mol. The average Bonchev–Trinajstić information content (AvgIpc) is 2.14. The molecule has 0 aliphatic heterocycles. The van der Waals surface area contributed by atoms with E-state index in [0.717, 1.165) is 0 Å². The van der Waals surface area contributed by atoms with Gasteiger partial charge in [0.1, 0.15) is 5.82 Å². The minimum Gasteiger partial charge on any atom is -0.464 e. The van der Waals surface area contributed by atoms with E-state index in [-0.39, 0.29) is 0 Å². The number of nitrogens with zero attached hydrogens (tertiary/aromatic N) is 1. The number of aromatic nitrogens is 1. The van der Waals surface area contributed by atoms with Gasteiger partial charge < -0.3 is 5.11 Å². The van der Waals surface area contributed by atoms with E-state index >= 15 is 0 Å². The number of pyridine rings is 1. The standard InChI is InChI=1S/C7H5F4N3O2/c8-4-2-12-5(13-14-6(15)16)1-3(4)7(9,10)11/h1-2,14H,(H,12,13)(H,15,16). The summed E-state index contributed by atoms with van der Waals surface area (Å²) in [5.74, 6) is -2.00. The first-order valence-electron chi connectivity index (χ1n) is 3.78. The summed E-state index contributed by atoms with van der Waals surface area (Å²) in [5.41, 5.74) is 1.90. The molecule has 1 aromatic rings. The van der Waals surface area contributed by atoms with Crippen molar-refractivity contribution in [2.75, 3.05) is 5.43 Å². The Morgan fingerprint density at radius 1 is 1.44 bits per heavy atom. The smallest absolute Gasteiger partial charge is 0.423 e. The first kappa shape index (κ1) is 12.0. The first-order chi connectivity index (χ1) is 7.30. The fourth-order valence-electron chi connectivity index (χ4n) is 0.842. The number of anilines is 1. The van der Waals surface area contributed by atoms with Gasteiger partial charge in [0.15, 0.2) is 5.82 Å². The Hall–Kier alpha value is -2.06. The van der Waals surface area contributed by atoms with Crippen molar-refractivity contribution in [1.82, 2.24) is 10.4 Å². The molecule has 5 nitrogen and oxygen atoms in total. The van der Waals surface area contributed by atoms with Crippen molar-refractivity contribution in [2.24, 2.45) is 0 Å². The van der Waals surface area contributed by atoms with Gasteiger partial charge in [0, 0.05) is 0 Å². The van der Waals surface area contributed by atoms with Crippen molar-refractivity contribution < 1.29 is 27.5 Å². The highest BCUT2D eigenvalue weighted by atomic mass is 19.4. The van der Waals surface area contributed by atoms with Crippen LogP contribution >= 0.6 is 0 Å². The van der Waals surface area contributed by atoms with Gasteiger partial charge in [-0.15, -0.1) is 0 Å². The van der Waals surface area contributed by atoms with Gasteiger partial charge in [-0.2, -0.15) is 13.2 Å². The lowest BCUT2D eigenvalue weighted by atomic mass is 10.2. The van der Waals surface area contributed by atoms with E-state index in [4.69, 9.17) is 5.11 Å². The third kappa shape index (κ3) is 2.97. The van der Waals surface area contributed by atoms with Gasteiger partial charge >= 0.3 is 12.3 Å². The lowest BCUT2D eigenvalue weighted by Gasteiger charge is -2.10. The molecule has 0 saturated heterocycles. The number of hydrogen-bond donors (Lipinski definition) is 3. The van der Waals surface area contributed by atoms with Crippen LogP contribution in [0.3, 0.4) is 0 Å².